The Morgan fingerprint density at radius 2 is 1.80 bits per heavy atom. The average Bonchev–Trinajstić information content (AvgIpc) is 2.70. The van der Waals surface area contributed by atoms with E-state index < -0.39 is 5.60 Å². The van der Waals surface area contributed by atoms with Crippen molar-refractivity contribution in [1.29, 1.82) is 0 Å². The number of benzene rings is 1. The molecule has 6 nitrogen and oxygen atoms in total. The van der Waals surface area contributed by atoms with Crippen molar-refractivity contribution < 1.29 is 14.3 Å². The third-order valence-corrected chi connectivity index (χ3v) is 5.92. The van der Waals surface area contributed by atoms with Gasteiger partial charge in [0.1, 0.15) is 5.60 Å². The summed E-state index contributed by atoms with van der Waals surface area (Å²) in [5, 5.41) is 3.08. The van der Waals surface area contributed by atoms with Crippen LogP contribution in [0.5, 0.6) is 0 Å². The third-order valence-electron chi connectivity index (χ3n) is 5.92. The van der Waals surface area contributed by atoms with E-state index in [2.05, 4.69) is 34.5 Å². The predicted molar refractivity (Wildman–Crippen MR) is 118 cm³/mol. The number of carbonyl (C=O) groups is 2. The van der Waals surface area contributed by atoms with Crippen LogP contribution < -0.4 is 5.32 Å². The molecule has 30 heavy (non-hydrogen) atoms. The summed E-state index contributed by atoms with van der Waals surface area (Å²) in [7, 11) is 0. The first-order valence-electron chi connectivity index (χ1n) is 11.3. The number of piperidine rings is 1. The number of ether oxygens (including phenoxy) is 1. The van der Waals surface area contributed by atoms with Gasteiger partial charge in [0.15, 0.2) is 0 Å². The molecule has 0 saturated carbocycles. The van der Waals surface area contributed by atoms with E-state index in [-0.39, 0.29) is 12.0 Å². The summed E-state index contributed by atoms with van der Waals surface area (Å²) in [5.41, 5.74) is 2.44. The van der Waals surface area contributed by atoms with Crippen LogP contribution in [-0.2, 0) is 22.5 Å². The molecule has 1 aromatic carbocycles. The lowest BCUT2D eigenvalue weighted by atomic mass is 9.93. The third kappa shape index (κ3) is 7.01. The van der Waals surface area contributed by atoms with E-state index in [4.69, 9.17) is 4.74 Å². The summed E-state index contributed by atoms with van der Waals surface area (Å²) in [6, 6.07) is 8.67. The van der Waals surface area contributed by atoms with E-state index in [0.717, 1.165) is 51.9 Å². The lowest BCUT2D eigenvalue weighted by molar-refractivity contribution is -0.122. The van der Waals surface area contributed by atoms with E-state index in [1.807, 2.05) is 20.8 Å². The Morgan fingerprint density at radius 1 is 1.10 bits per heavy atom. The van der Waals surface area contributed by atoms with Gasteiger partial charge in [0.05, 0.1) is 0 Å². The molecule has 2 amide bonds. The zero-order valence-corrected chi connectivity index (χ0v) is 18.8. The summed E-state index contributed by atoms with van der Waals surface area (Å²) in [4.78, 5) is 28.7. The summed E-state index contributed by atoms with van der Waals surface area (Å²) in [6.45, 7) is 10.8. The van der Waals surface area contributed by atoms with Gasteiger partial charge < -0.3 is 15.0 Å². The van der Waals surface area contributed by atoms with E-state index in [1.54, 1.807) is 4.90 Å². The molecule has 2 aliphatic heterocycles. The van der Waals surface area contributed by atoms with Crippen molar-refractivity contribution in [2.45, 2.75) is 65.0 Å². The van der Waals surface area contributed by atoms with Crippen molar-refractivity contribution in [3.63, 3.8) is 0 Å². The summed E-state index contributed by atoms with van der Waals surface area (Å²) in [5.74, 6) is 0.483. The topological polar surface area (TPSA) is 61.9 Å². The lowest BCUT2D eigenvalue weighted by Gasteiger charge is -2.33. The average molecular weight is 416 g/mol. The SMILES string of the molecule is CC(C)(C)OC(=O)N1CCC(CC(=O)NCCCN2CCc3ccccc3C2)CC1. The minimum absolute atomic E-state index is 0.134. The fraction of sp³-hybridized carbons (Fsp3) is 0.667. The molecule has 0 radical (unpaired) electrons. The Morgan fingerprint density at radius 3 is 2.50 bits per heavy atom. The number of hydrogen-bond acceptors (Lipinski definition) is 4. The molecule has 0 aromatic heterocycles. The highest BCUT2D eigenvalue weighted by molar-refractivity contribution is 5.76. The fourth-order valence-electron chi connectivity index (χ4n) is 4.26. The Bertz CT molecular complexity index is 721. The maximum absolute atomic E-state index is 12.3. The van der Waals surface area contributed by atoms with Gasteiger partial charge in [-0.1, -0.05) is 24.3 Å². The standard InChI is InChI=1S/C24H37N3O3/c1-24(2,3)30-23(29)27-15-9-19(10-16-27)17-22(28)25-12-6-13-26-14-11-20-7-4-5-8-21(20)18-26/h4-5,7-8,19H,6,9-18H2,1-3H3,(H,25,28). The predicted octanol–water partition coefficient (Wildman–Crippen LogP) is 3.59. The van der Waals surface area contributed by atoms with Gasteiger partial charge in [-0.3, -0.25) is 9.69 Å². The molecule has 1 N–H and O–H groups in total. The number of likely N-dealkylation sites (tertiary alicyclic amines) is 1. The summed E-state index contributed by atoms with van der Waals surface area (Å²) in [6.07, 6.45) is 4.12. The fourth-order valence-corrected chi connectivity index (χ4v) is 4.26. The molecule has 3 rings (SSSR count). The summed E-state index contributed by atoms with van der Waals surface area (Å²) >= 11 is 0. The number of nitrogens with zero attached hydrogens (tertiary/aromatic N) is 2. The molecule has 2 aliphatic rings. The molecular weight excluding hydrogens is 378 g/mol. The first-order chi connectivity index (χ1) is 14.3. The first kappa shape index (κ1) is 22.6. The van der Waals surface area contributed by atoms with Crippen LogP contribution in [0.3, 0.4) is 0 Å². The number of carbonyl (C=O) groups excluding carboxylic acids is 2. The zero-order chi connectivity index (χ0) is 21.6. The maximum Gasteiger partial charge on any atom is 0.410 e. The maximum atomic E-state index is 12.3. The van der Waals surface area contributed by atoms with Gasteiger partial charge in [-0.2, -0.15) is 0 Å². The minimum Gasteiger partial charge on any atom is -0.444 e. The second-order valence-corrected chi connectivity index (χ2v) is 9.61. The van der Waals surface area contributed by atoms with E-state index in [0.29, 0.717) is 25.4 Å². The van der Waals surface area contributed by atoms with Gasteiger partial charge in [-0.15, -0.1) is 0 Å². The Labute approximate surface area is 180 Å². The molecule has 1 aromatic rings. The Balaban J connectivity index is 1.27. The molecule has 0 bridgehead atoms. The lowest BCUT2D eigenvalue weighted by Crippen LogP contribution is -2.42. The highest BCUT2D eigenvalue weighted by Gasteiger charge is 2.27. The molecule has 2 heterocycles. The van der Waals surface area contributed by atoms with Crippen molar-refractivity contribution in [1.82, 2.24) is 15.1 Å². The quantitative estimate of drug-likeness (QED) is 0.722. The van der Waals surface area contributed by atoms with Gasteiger partial charge >= 0.3 is 6.09 Å². The number of amides is 2. The first-order valence-corrected chi connectivity index (χ1v) is 11.3. The van der Waals surface area contributed by atoms with Gasteiger partial charge in [0, 0.05) is 45.7 Å². The van der Waals surface area contributed by atoms with Gasteiger partial charge in [0.25, 0.3) is 0 Å². The monoisotopic (exact) mass is 415 g/mol. The summed E-state index contributed by atoms with van der Waals surface area (Å²) < 4.78 is 5.43. The highest BCUT2D eigenvalue weighted by Crippen LogP contribution is 2.22. The highest BCUT2D eigenvalue weighted by atomic mass is 16.6. The number of fused-ring (bicyclic) bond motifs is 1. The smallest absolute Gasteiger partial charge is 0.410 e. The zero-order valence-electron chi connectivity index (χ0n) is 18.8. The molecule has 6 heteroatoms. The van der Waals surface area contributed by atoms with Crippen LogP contribution in [0, 0.1) is 5.92 Å². The molecular formula is C24H37N3O3. The Kier molecular flexibility index (Phi) is 7.75. The number of nitrogens with one attached hydrogen (secondary N) is 1. The van der Waals surface area contributed by atoms with Crippen molar-refractivity contribution in [2.24, 2.45) is 5.92 Å². The van der Waals surface area contributed by atoms with Crippen LogP contribution in [0.2, 0.25) is 0 Å². The van der Waals surface area contributed by atoms with E-state index >= 15 is 0 Å². The van der Waals surface area contributed by atoms with Crippen LogP contribution in [0.25, 0.3) is 0 Å². The van der Waals surface area contributed by atoms with Crippen molar-refractivity contribution in [3.05, 3.63) is 35.4 Å². The van der Waals surface area contributed by atoms with Gasteiger partial charge in [0.2, 0.25) is 5.91 Å². The van der Waals surface area contributed by atoms with Gasteiger partial charge in [-0.25, -0.2) is 4.79 Å². The minimum atomic E-state index is -0.467. The largest absolute Gasteiger partial charge is 0.444 e. The van der Waals surface area contributed by atoms with Crippen molar-refractivity contribution in [3.8, 4) is 0 Å². The van der Waals surface area contributed by atoms with Crippen LogP contribution in [-0.4, -0.2) is 60.1 Å². The second kappa shape index (κ2) is 10.3. The molecule has 1 saturated heterocycles. The second-order valence-electron chi connectivity index (χ2n) is 9.61. The van der Waals surface area contributed by atoms with E-state index in [9.17, 15) is 9.59 Å². The molecule has 0 aliphatic carbocycles. The molecule has 166 valence electrons. The van der Waals surface area contributed by atoms with Gasteiger partial charge in [-0.05, 0) is 63.5 Å². The van der Waals surface area contributed by atoms with Crippen LogP contribution in [0.15, 0.2) is 24.3 Å². The van der Waals surface area contributed by atoms with Crippen molar-refractivity contribution >= 4 is 12.0 Å². The Hall–Kier alpha value is -2.08. The van der Waals surface area contributed by atoms with Crippen LogP contribution in [0.4, 0.5) is 4.79 Å². The molecule has 0 spiro atoms. The molecule has 1 fully saturated rings. The van der Waals surface area contributed by atoms with Crippen molar-refractivity contribution in [2.75, 3.05) is 32.7 Å². The normalized spacial score (nSPS) is 18.0. The molecule has 0 atom stereocenters. The van der Waals surface area contributed by atoms with E-state index in [1.165, 1.54) is 11.1 Å². The number of hydrogen-bond donors (Lipinski definition) is 1. The molecule has 0 unspecified atom stereocenters. The van der Waals surface area contributed by atoms with Crippen LogP contribution in [0.1, 0.15) is 57.6 Å². The van der Waals surface area contributed by atoms with Crippen LogP contribution >= 0.6 is 0 Å². The number of rotatable bonds is 6.